The summed E-state index contributed by atoms with van der Waals surface area (Å²) >= 11 is 5.48. The highest BCUT2D eigenvalue weighted by atomic mass is 35.5. The van der Waals surface area contributed by atoms with Crippen molar-refractivity contribution in [2.24, 2.45) is 0 Å². The van der Waals surface area contributed by atoms with Crippen LogP contribution in [0.25, 0.3) is 0 Å². The van der Waals surface area contributed by atoms with E-state index in [1.54, 1.807) is 0 Å². The first-order chi connectivity index (χ1) is 7.06. The molecule has 82 valence electrons. The minimum absolute atomic E-state index is 0.0317. The quantitative estimate of drug-likeness (QED) is 0.811. The van der Waals surface area contributed by atoms with Crippen LogP contribution in [0.3, 0.4) is 0 Å². The summed E-state index contributed by atoms with van der Waals surface area (Å²) in [6.07, 6.45) is 0. The summed E-state index contributed by atoms with van der Waals surface area (Å²) in [5.41, 5.74) is -0.297. The van der Waals surface area contributed by atoms with Gasteiger partial charge >= 0.3 is 5.97 Å². The van der Waals surface area contributed by atoms with Crippen LogP contribution in [-0.2, 0) is 4.74 Å². The van der Waals surface area contributed by atoms with Gasteiger partial charge in [-0.15, -0.1) is 0 Å². The lowest BCUT2D eigenvalue weighted by Gasteiger charge is -2.08. The van der Waals surface area contributed by atoms with Crippen molar-refractivity contribution >= 4 is 17.6 Å². The number of halogens is 2. The van der Waals surface area contributed by atoms with Crippen LogP contribution < -0.4 is 4.74 Å². The van der Waals surface area contributed by atoms with Crippen molar-refractivity contribution < 1.29 is 23.8 Å². The molecule has 15 heavy (non-hydrogen) atoms. The Morgan fingerprint density at radius 1 is 1.60 bits per heavy atom. The van der Waals surface area contributed by atoms with E-state index in [0.717, 1.165) is 12.1 Å². The number of benzene rings is 1. The first kappa shape index (κ1) is 11.7. The monoisotopic (exact) mass is 234 g/mol. The predicted molar refractivity (Wildman–Crippen MR) is 50.9 cm³/mol. The van der Waals surface area contributed by atoms with E-state index in [1.165, 1.54) is 7.11 Å². The molecular formula is C9H8ClFO4. The number of hydrogen-bond donors (Lipinski definition) is 1. The molecule has 1 aromatic carbocycles. The highest BCUT2D eigenvalue weighted by Gasteiger charge is 2.15. The van der Waals surface area contributed by atoms with Crippen molar-refractivity contribution in [3.05, 3.63) is 28.5 Å². The van der Waals surface area contributed by atoms with E-state index in [2.05, 4.69) is 4.74 Å². The Morgan fingerprint density at radius 2 is 2.27 bits per heavy atom. The van der Waals surface area contributed by atoms with Gasteiger partial charge in [-0.05, 0) is 6.07 Å². The summed E-state index contributed by atoms with van der Waals surface area (Å²) in [5.74, 6) is -2.13. The van der Waals surface area contributed by atoms with Crippen LogP contribution >= 0.6 is 11.6 Å². The van der Waals surface area contributed by atoms with Crippen LogP contribution in [0.4, 0.5) is 4.39 Å². The van der Waals surface area contributed by atoms with Gasteiger partial charge in [0.25, 0.3) is 0 Å². The second kappa shape index (κ2) is 4.95. The molecule has 0 saturated carbocycles. The van der Waals surface area contributed by atoms with Crippen molar-refractivity contribution in [2.45, 2.75) is 0 Å². The number of carboxylic acid groups (broad SMARTS) is 1. The Balaban J connectivity index is 3.10. The largest absolute Gasteiger partial charge is 0.478 e. The fourth-order valence-electron chi connectivity index (χ4n) is 0.938. The van der Waals surface area contributed by atoms with Crippen LogP contribution in [0.2, 0.25) is 5.02 Å². The number of ether oxygens (including phenoxy) is 2. The average molecular weight is 235 g/mol. The van der Waals surface area contributed by atoms with Crippen molar-refractivity contribution in [1.82, 2.24) is 0 Å². The molecule has 0 atom stereocenters. The highest BCUT2D eigenvalue weighted by molar-refractivity contribution is 6.31. The lowest BCUT2D eigenvalue weighted by atomic mass is 10.2. The molecule has 0 saturated heterocycles. The van der Waals surface area contributed by atoms with Gasteiger partial charge in [0.1, 0.15) is 17.1 Å². The summed E-state index contributed by atoms with van der Waals surface area (Å²) in [6.45, 7) is -0.137. The molecule has 0 aromatic heterocycles. The molecule has 1 N–H and O–H groups in total. The van der Waals surface area contributed by atoms with Gasteiger partial charge in [-0.3, -0.25) is 0 Å². The Hall–Kier alpha value is -1.33. The van der Waals surface area contributed by atoms with Gasteiger partial charge in [0.05, 0.1) is 5.02 Å². The van der Waals surface area contributed by atoms with Crippen LogP contribution in [0.1, 0.15) is 10.4 Å². The molecule has 1 rings (SSSR count). The summed E-state index contributed by atoms with van der Waals surface area (Å²) in [6, 6.07) is 1.90. The van der Waals surface area contributed by atoms with Gasteiger partial charge < -0.3 is 14.6 Å². The minimum atomic E-state index is -1.29. The third-order valence-electron chi connectivity index (χ3n) is 1.59. The van der Waals surface area contributed by atoms with Crippen LogP contribution in [0, 0.1) is 5.82 Å². The molecule has 0 spiro atoms. The molecule has 0 fully saturated rings. The van der Waals surface area contributed by atoms with Crippen molar-refractivity contribution in [3.8, 4) is 5.75 Å². The van der Waals surface area contributed by atoms with Gasteiger partial charge in [0.15, 0.2) is 6.79 Å². The molecule has 6 heteroatoms. The maximum absolute atomic E-state index is 13.0. The van der Waals surface area contributed by atoms with E-state index in [1.807, 2.05) is 0 Å². The molecule has 0 bridgehead atoms. The van der Waals surface area contributed by atoms with Crippen LogP contribution in [0.5, 0.6) is 5.75 Å². The second-order valence-corrected chi connectivity index (χ2v) is 3.03. The lowest BCUT2D eigenvalue weighted by Crippen LogP contribution is -2.06. The topological polar surface area (TPSA) is 55.8 Å². The second-order valence-electron chi connectivity index (χ2n) is 2.62. The van der Waals surface area contributed by atoms with Gasteiger partial charge in [-0.25, -0.2) is 9.18 Å². The fourth-order valence-corrected chi connectivity index (χ4v) is 1.09. The van der Waals surface area contributed by atoms with E-state index in [0.29, 0.717) is 0 Å². The van der Waals surface area contributed by atoms with Crippen molar-refractivity contribution in [1.29, 1.82) is 0 Å². The maximum Gasteiger partial charge on any atom is 0.339 e. The Morgan fingerprint density at radius 3 is 2.80 bits per heavy atom. The lowest BCUT2D eigenvalue weighted by molar-refractivity contribution is 0.0483. The normalized spacial score (nSPS) is 10.1. The number of rotatable bonds is 4. The van der Waals surface area contributed by atoms with Crippen LogP contribution in [-0.4, -0.2) is 25.0 Å². The van der Waals surface area contributed by atoms with Crippen molar-refractivity contribution in [2.75, 3.05) is 13.9 Å². The van der Waals surface area contributed by atoms with Gasteiger partial charge in [0.2, 0.25) is 0 Å². The molecule has 0 amide bonds. The SMILES string of the molecule is COCOc1cc(Cl)c(F)cc1C(=O)O. The zero-order valence-corrected chi connectivity index (χ0v) is 8.55. The number of carbonyl (C=O) groups is 1. The Labute approximate surface area is 90.2 Å². The fraction of sp³-hybridized carbons (Fsp3) is 0.222. The van der Waals surface area contributed by atoms with E-state index in [9.17, 15) is 9.18 Å². The Kier molecular flexibility index (Phi) is 3.88. The zero-order valence-electron chi connectivity index (χ0n) is 7.79. The van der Waals surface area contributed by atoms with E-state index >= 15 is 0 Å². The zero-order chi connectivity index (χ0) is 11.4. The van der Waals surface area contributed by atoms with Crippen molar-refractivity contribution in [3.63, 3.8) is 0 Å². The smallest absolute Gasteiger partial charge is 0.339 e. The average Bonchev–Trinajstić information content (AvgIpc) is 2.19. The minimum Gasteiger partial charge on any atom is -0.478 e. The number of methoxy groups -OCH3 is 1. The molecule has 0 heterocycles. The maximum atomic E-state index is 13.0. The Bertz CT molecular complexity index is 381. The highest BCUT2D eigenvalue weighted by Crippen LogP contribution is 2.26. The molecular weight excluding hydrogens is 227 g/mol. The molecule has 0 unspecified atom stereocenters. The number of carboxylic acids is 1. The summed E-state index contributed by atoms with van der Waals surface area (Å²) in [5, 5.41) is 8.55. The van der Waals surface area contributed by atoms with E-state index < -0.39 is 11.8 Å². The molecule has 0 aliphatic rings. The van der Waals surface area contributed by atoms with Gasteiger partial charge in [-0.1, -0.05) is 11.6 Å². The van der Waals surface area contributed by atoms with Crippen LogP contribution in [0.15, 0.2) is 12.1 Å². The van der Waals surface area contributed by atoms with E-state index in [4.69, 9.17) is 21.4 Å². The summed E-state index contributed by atoms with van der Waals surface area (Å²) in [7, 11) is 1.38. The standard InChI is InChI=1S/C9H8ClFO4/c1-14-4-15-8-3-6(10)7(11)2-5(8)9(12)13/h2-3H,4H2,1H3,(H,12,13). The predicted octanol–water partition coefficient (Wildman–Crippen LogP) is 2.16. The van der Waals surface area contributed by atoms with Gasteiger partial charge in [0, 0.05) is 13.2 Å². The first-order valence-corrected chi connectivity index (χ1v) is 4.28. The third-order valence-corrected chi connectivity index (χ3v) is 1.87. The summed E-state index contributed by atoms with van der Waals surface area (Å²) < 4.78 is 22.5. The third kappa shape index (κ3) is 2.81. The molecule has 0 radical (unpaired) electrons. The molecule has 0 aliphatic heterocycles. The molecule has 0 aliphatic carbocycles. The summed E-state index contributed by atoms with van der Waals surface area (Å²) in [4.78, 5) is 10.7. The number of aromatic carboxylic acids is 1. The van der Waals surface area contributed by atoms with Gasteiger partial charge in [-0.2, -0.15) is 0 Å². The number of hydrogen-bond acceptors (Lipinski definition) is 3. The van der Waals surface area contributed by atoms with E-state index in [-0.39, 0.29) is 23.1 Å². The molecule has 1 aromatic rings. The molecule has 4 nitrogen and oxygen atoms in total. The first-order valence-electron chi connectivity index (χ1n) is 3.90.